The molecule has 2 atom stereocenters. The lowest BCUT2D eigenvalue weighted by Gasteiger charge is -2.25. The Kier molecular flexibility index (Phi) is 17.3. The van der Waals surface area contributed by atoms with Crippen LogP contribution in [0.2, 0.25) is 0 Å². The highest BCUT2D eigenvalue weighted by Crippen LogP contribution is 2.25. The third-order valence-electron chi connectivity index (χ3n) is 9.51. The maximum absolute atomic E-state index is 13.9. The van der Waals surface area contributed by atoms with Gasteiger partial charge in [-0.1, -0.05) is 96.8 Å². The number of carbonyl (C=O) groups excluding carboxylic acids is 5. The van der Waals surface area contributed by atoms with E-state index in [-0.39, 0.29) is 17.2 Å². The average Bonchev–Trinajstić information content (AvgIpc) is 3.36. The number of imide groups is 1. The lowest BCUT2D eigenvalue weighted by Crippen LogP contribution is -2.53. The van der Waals surface area contributed by atoms with Gasteiger partial charge in [-0.2, -0.15) is 0 Å². The largest absolute Gasteiger partial charge is 0.478 e. The summed E-state index contributed by atoms with van der Waals surface area (Å²) in [7, 11) is 1.15. The molecule has 0 aromatic heterocycles. The van der Waals surface area contributed by atoms with E-state index in [2.05, 4.69) is 22.9 Å². The van der Waals surface area contributed by atoms with Crippen molar-refractivity contribution in [2.75, 3.05) is 17.7 Å². The Morgan fingerprint density at radius 2 is 1.19 bits per heavy atom. The van der Waals surface area contributed by atoms with Gasteiger partial charge in [-0.25, -0.2) is 19.3 Å². The van der Waals surface area contributed by atoms with Gasteiger partial charge in [0.05, 0.1) is 11.1 Å². The monoisotopic (exact) mass is 750 g/mol. The average molecular weight is 751 g/mol. The normalized spacial score (nSPS) is 15.8. The molecule has 2 unspecified atom stereocenters. The Morgan fingerprint density at radius 3 is 1.63 bits per heavy atom. The van der Waals surface area contributed by atoms with Gasteiger partial charge in [0.25, 0.3) is 11.8 Å². The fourth-order valence-electron chi connectivity index (χ4n) is 6.28. The Morgan fingerprint density at radius 1 is 0.704 bits per heavy atom. The van der Waals surface area contributed by atoms with Crippen LogP contribution in [0.4, 0.5) is 16.2 Å². The number of urea groups is 1. The molecule has 0 bridgehead atoms. The van der Waals surface area contributed by atoms with Crippen molar-refractivity contribution in [1.82, 2.24) is 10.2 Å². The molecule has 14 nitrogen and oxygen atoms in total. The molecule has 2 aromatic rings. The van der Waals surface area contributed by atoms with Gasteiger partial charge in [-0.3, -0.25) is 19.2 Å². The van der Waals surface area contributed by atoms with E-state index in [4.69, 9.17) is 4.74 Å². The number of carboxylic acids is 2. The Hall–Kier alpha value is -5.11. The molecule has 1 fully saturated rings. The number of amides is 5. The first-order valence-electron chi connectivity index (χ1n) is 18.9. The molecule has 5 N–H and O–H groups in total. The SMILES string of the molecule is CCCCCCCCCCCCCCCCCC(=O)Nc1ccc(C(=O)C(C(=O)Nc2cc(C(=O)O)cc(C(=O)O)c2)N2C(=O)NC(C)(OC)C2=O)cc1. The standard InChI is InChI=1S/C40H54N4O10/c1-4-5-6-7-8-9-10-11-12-13-14-15-16-17-18-19-32(45)41-30-22-20-27(21-23-30)34(46)33(44-38(52)40(2,54-3)43-39(44)53)35(47)42-31-25-28(36(48)49)24-29(26-31)37(50)51/h20-26,33H,4-19H2,1-3H3,(H,41,45)(H,42,47)(H,43,53)(H,48,49)(H,50,51). The van der Waals surface area contributed by atoms with E-state index in [9.17, 15) is 43.8 Å². The molecule has 1 aliphatic rings. The smallest absolute Gasteiger partial charge is 0.335 e. The van der Waals surface area contributed by atoms with Crippen molar-refractivity contribution < 1.29 is 48.5 Å². The minimum Gasteiger partial charge on any atom is -0.478 e. The van der Waals surface area contributed by atoms with Crippen molar-refractivity contribution in [3.63, 3.8) is 0 Å². The molecule has 2 aromatic carbocycles. The van der Waals surface area contributed by atoms with Crippen LogP contribution < -0.4 is 16.0 Å². The molecule has 5 amide bonds. The van der Waals surface area contributed by atoms with E-state index in [1.165, 1.54) is 102 Å². The summed E-state index contributed by atoms with van der Waals surface area (Å²) in [5.74, 6) is -6.40. The molecule has 1 heterocycles. The Bertz CT molecular complexity index is 1610. The highest BCUT2D eigenvalue weighted by atomic mass is 16.5. The zero-order valence-electron chi connectivity index (χ0n) is 31.5. The number of nitrogens with zero attached hydrogens (tertiary/aromatic N) is 1. The Balaban J connectivity index is 1.56. The lowest BCUT2D eigenvalue weighted by molar-refractivity contribution is -0.148. The first-order valence-corrected chi connectivity index (χ1v) is 18.9. The Labute approximate surface area is 316 Å². The molecule has 0 spiro atoms. The van der Waals surface area contributed by atoms with E-state index < -0.39 is 58.5 Å². The predicted octanol–water partition coefficient (Wildman–Crippen LogP) is 7.39. The minimum absolute atomic E-state index is 0.0901. The number of methoxy groups -OCH3 is 1. The van der Waals surface area contributed by atoms with Gasteiger partial charge in [0.2, 0.25) is 11.6 Å². The number of carbonyl (C=O) groups is 7. The lowest BCUT2D eigenvalue weighted by atomic mass is 10.0. The predicted molar refractivity (Wildman–Crippen MR) is 203 cm³/mol. The molecule has 14 heteroatoms. The molecule has 0 saturated carbocycles. The summed E-state index contributed by atoms with van der Waals surface area (Å²) in [6.07, 6.45) is 18.7. The van der Waals surface area contributed by atoms with Gasteiger partial charge >= 0.3 is 18.0 Å². The van der Waals surface area contributed by atoms with Crippen LogP contribution in [0, 0.1) is 0 Å². The summed E-state index contributed by atoms with van der Waals surface area (Å²) >= 11 is 0. The molecular weight excluding hydrogens is 696 g/mol. The van der Waals surface area contributed by atoms with E-state index in [1.54, 1.807) is 0 Å². The van der Waals surface area contributed by atoms with Gasteiger partial charge in [0.15, 0.2) is 11.8 Å². The van der Waals surface area contributed by atoms with Crippen LogP contribution in [0.5, 0.6) is 0 Å². The van der Waals surface area contributed by atoms with Crippen LogP contribution in [0.1, 0.15) is 148 Å². The van der Waals surface area contributed by atoms with Crippen LogP contribution in [-0.4, -0.2) is 75.5 Å². The van der Waals surface area contributed by atoms with E-state index in [0.717, 1.165) is 51.0 Å². The quantitative estimate of drug-likeness (QED) is 0.0294. The number of carboxylic acid groups (broad SMARTS) is 2. The first-order chi connectivity index (χ1) is 25.8. The number of hydrogen-bond acceptors (Lipinski definition) is 8. The number of aromatic carboxylic acids is 2. The number of unbranched alkanes of at least 4 members (excludes halogenated alkanes) is 14. The van der Waals surface area contributed by atoms with Crippen LogP contribution in [0.25, 0.3) is 0 Å². The zero-order chi connectivity index (χ0) is 39.7. The van der Waals surface area contributed by atoms with E-state index in [1.807, 2.05) is 0 Å². The summed E-state index contributed by atoms with van der Waals surface area (Å²) in [6, 6.07) is 5.16. The number of ketones is 1. The second kappa shape index (κ2) is 21.6. The second-order valence-corrected chi connectivity index (χ2v) is 13.8. The molecule has 1 aliphatic heterocycles. The summed E-state index contributed by atoms with van der Waals surface area (Å²) in [5.41, 5.74) is -2.82. The van der Waals surface area contributed by atoms with Crippen molar-refractivity contribution in [2.45, 2.75) is 128 Å². The van der Waals surface area contributed by atoms with Crippen LogP contribution in [0.3, 0.4) is 0 Å². The van der Waals surface area contributed by atoms with Crippen molar-refractivity contribution >= 4 is 52.8 Å². The van der Waals surface area contributed by atoms with Crippen molar-refractivity contribution in [3.05, 3.63) is 59.2 Å². The van der Waals surface area contributed by atoms with Gasteiger partial charge in [-0.15, -0.1) is 0 Å². The van der Waals surface area contributed by atoms with Gasteiger partial charge in [-0.05, 0) is 55.8 Å². The number of rotatable bonds is 25. The maximum Gasteiger partial charge on any atom is 0.335 e. The van der Waals surface area contributed by atoms with Gasteiger partial charge in [0.1, 0.15) is 0 Å². The minimum atomic E-state index is -2.11. The number of benzene rings is 2. The van der Waals surface area contributed by atoms with E-state index >= 15 is 0 Å². The zero-order valence-corrected chi connectivity index (χ0v) is 31.5. The maximum atomic E-state index is 13.9. The fourth-order valence-corrected chi connectivity index (χ4v) is 6.28. The summed E-state index contributed by atoms with van der Waals surface area (Å²) in [5, 5.41) is 26.2. The summed E-state index contributed by atoms with van der Waals surface area (Å²) < 4.78 is 5.13. The second-order valence-electron chi connectivity index (χ2n) is 13.8. The van der Waals surface area contributed by atoms with Crippen molar-refractivity contribution in [2.24, 2.45) is 0 Å². The number of Topliss-reactive ketones (excluding diaryl/α,β-unsaturated/α-hetero) is 1. The van der Waals surface area contributed by atoms with Crippen molar-refractivity contribution in [3.8, 4) is 0 Å². The molecule has 0 radical (unpaired) electrons. The van der Waals surface area contributed by atoms with Gasteiger partial charge < -0.3 is 30.9 Å². The molecule has 3 rings (SSSR count). The first kappa shape index (κ1) is 43.3. The van der Waals surface area contributed by atoms with Gasteiger partial charge in [0, 0.05) is 30.5 Å². The fraction of sp³-hybridized carbons (Fsp3) is 0.525. The summed E-state index contributed by atoms with van der Waals surface area (Å²) in [4.78, 5) is 90.0. The topological polar surface area (TPSA) is 209 Å². The molecule has 0 aliphatic carbocycles. The molecule has 1 saturated heterocycles. The highest BCUT2D eigenvalue weighted by Gasteiger charge is 2.54. The van der Waals surface area contributed by atoms with Crippen LogP contribution in [-0.2, 0) is 19.1 Å². The van der Waals surface area contributed by atoms with Crippen molar-refractivity contribution in [1.29, 1.82) is 0 Å². The molecule has 54 heavy (non-hydrogen) atoms. The number of nitrogens with one attached hydrogen (secondary N) is 3. The van der Waals surface area contributed by atoms with Crippen LogP contribution >= 0.6 is 0 Å². The number of hydrogen-bond donors (Lipinski definition) is 5. The number of anilines is 2. The molecular formula is C40H54N4O10. The summed E-state index contributed by atoms with van der Waals surface area (Å²) in [6.45, 7) is 3.47. The number of ether oxygens (including phenoxy) is 1. The highest BCUT2D eigenvalue weighted by molar-refractivity contribution is 6.23. The third kappa shape index (κ3) is 12.8. The van der Waals surface area contributed by atoms with Crippen LogP contribution in [0.15, 0.2) is 42.5 Å². The third-order valence-corrected chi connectivity index (χ3v) is 9.51. The molecule has 294 valence electrons. The van der Waals surface area contributed by atoms with E-state index in [0.29, 0.717) is 17.0 Å².